The van der Waals surface area contributed by atoms with E-state index < -0.39 is 0 Å². The van der Waals surface area contributed by atoms with Crippen LogP contribution in [0.25, 0.3) is 0 Å². The summed E-state index contributed by atoms with van der Waals surface area (Å²) in [4.78, 5) is 8.77. The molecular formula is C11H15BrN2. The highest BCUT2D eigenvalue weighted by Gasteiger charge is 2.16. The first-order chi connectivity index (χ1) is 6.86. The van der Waals surface area contributed by atoms with Gasteiger partial charge in [0.15, 0.2) is 0 Å². The van der Waals surface area contributed by atoms with Gasteiger partial charge in [0.2, 0.25) is 0 Å². The minimum absolute atomic E-state index is 0.602. The number of hydrogen-bond donors (Lipinski definition) is 0. The summed E-state index contributed by atoms with van der Waals surface area (Å²) in [6, 6.07) is 0. The van der Waals surface area contributed by atoms with E-state index in [-0.39, 0.29) is 0 Å². The van der Waals surface area contributed by atoms with E-state index in [0.29, 0.717) is 5.92 Å². The molecule has 14 heavy (non-hydrogen) atoms. The normalized spacial score (nSPS) is 19.2. The minimum Gasteiger partial charge on any atom is -0.240 e. The molecule has 0 N–H and O–H groups in total. The van der Waals surface area contributed by atoms with Crippen molar-refractivity contribution < 1.29 is 0 Å². The van der Waals surface area contributed by atoms with Crippen LogP contribution < -0.4 is 0 Å². The van der Waals surface area contributed by atoms with Crippen LogP contribution in [0.2, 0.25) is 0 Å². The second-order valence-corrected chi connectivity index (χ2v) is 4.86. The van der Waals surface area contributed by atoms with Gasteiger partial charge < -0.3 is 0 Å². The lowest BCUT2D eigenvalue weighted by molar-refractivity contribution is 0.560. The molecule has 2 nitrogen and oxygen atoms in total. The summed E-state index contributed by atoms with van der Waals surface area (Å²) >= 11 is 3.36. The first-order valence-electron chi connectivity index (χ1n) is 5.34. The quantitative estimate of drug-likeness (QED) is 0.715. The molecule has 0 unspecified atom stereocenters. The predicted molar refractivity (Wildman–Crippen MR) is 60.2 cm³/mol. The second-order valence-electron chi connectivity index (χ2n) is 3.95. The highest BCUT2D eigenvalue weighted by molar-refractivity contribution is 9.10. The third kappa shape index (κ3) is 2.53. The molecule has 0 aliphatic heterocycles. The van der Waals surface area contributed by atoms with Crippen LogP contribution in [0, 0.1) is 0 Å². The Morgan fingerprint density at radius 1 is 1.00 bits per heavy atom. The van der Waals surface area contributed by atoms with Crippen molar-refractivity contribution in [3.05, 3.63) is 22.7 Å². The summed E-state index contributed by atoms with van der Waals surface area (Å²) in [5, 5.41) is 0. The third-order valence-electron chi connectivity index (χ3n) is 2.86. The lowest BCUT2D eigenvalue weighted by Gasteiger charge is -2.11. The molecule has 1 aromatic rings. The Kier molecular flexibility index (Phi) is 3.51. The van der Waals surface area contributed by atoms with Crippen molar-refractivity contribution in [1.29, 1.82) is 0 Å². The van der Waals surface area contributed by atoms with E-state index in [4.69, 9.17) is 0 Å². The molecule has 3 heteroatoms. The van der Waals surface area contributed by atoms with Crippen LogP contribution in [-0.2, 0) is 0 Å². The van der Waals surface area contributed by atoms with Crippen LogP contribution in [0.4, 0.5) is 0 Å². The molecular weight excluding hydrogens is 240 g/mol. The van der Waals surface area contributed by atoms with Gasteiger partial charge in [-0.15, -0.1) is 0 Å². The summed E-state index contributed by atoms with van der Waals surface area (Å²) in [6.07, 6.45) is 11.7. The topological polar surface area (TPSA) is 25.8 Å². The zero-order valence-corrected chi connectivity index (χ0v) is 9.83. The zero-order chi connectivity index (χ0) is 9.80. The Morgan fingerprint density at radius 2 is 1.57 bits per heavy atom. The van der Waals surface area contributed by atoms with Gasteiger partial charge in [-0.25, -0.2) is 9.97 Å². The first kappa shape index (κ1) is 10.1. The third-order valence-corrected chi connectivity index (χ3v) is 3.27. The van der Waals surface area contributed by atoms with E-state index in [1.54, 1.807) is 0 Å². The minimum atomic E-state index is 0.602. The first-order valence-corrected chi connectivity index (χ1v) is 6.13. The number of nitrogens with zero attached hydrogens (tertiary/aromatic N) is 2. The standard InChI is InChI=1S/C11H15BrN2/c12-10-7-13-11(14-8-10)9-5-3-1-2-4-6-9/h7-9H,1-6H2. The number of hydrogen-bond acceptors (Lipinski definition) is 2. The predicted octanol–water partition coefficient (Wildman–Crippen LogP) is 3.68. The SMILES string of the molecule is Brc1cnc(C2CCCCCC2)nc1. The largest absolute Gasteiger partial charge is 0.240 e. The Morgan fingerprint density at radius 3 is 2.14 bits per heavy atom. The van der Waals surface area contributed by atoms with Gasteiger partial charge in [-0.2, -0.15) is 0 Å². The molecule has 0 radical (unpaired) electrons. The number of aromatic nitrogens is 2. The summed E-state index contributed by atoms with van der Waals surface area (Å²) in [5.41, 5.74) is 0. The molecule has 1 aromatic heterocycles. The second kappa shape index (κ2) is 4.87. The fourth-order valence-corrected chi connectivity index (χ4v) is 2.28. The van der Waals surface area contributed by atoms with Crippen molar-refractivity contribution >= 4 is 15.9 Å². The van der Waals surface area contributed by atoms with Crippen molar-refractivity contribution in [2.45, 2.75) is 44.4 Å². The van der Waals surface area contributed by atoms with Crippen LogP contribution in [0.1, 0.15) is 50.3 Å². The van der Waals surface area contributed by atoms with Crippen LogP contribution >= 0.6 is 15.9 Å². The van der Waals surface area contributed by atoms with Crippen LogP contribution in [0.5, 0.6) is 0 Å². The van der Waals surface area contributed by atoms with Crippen molar-refractivity contribution in [3.63, 3.8) is 0 Å². The van der Waals surface area contributed by atoms with E-state index in [1.807, 2.05) is 12.4 Å². The lowest BCUT2D eigenvalue weighted by Crippen LogP contribution is -2.02. The van der Waals surface area contributed by atoms with Gasteiger partial charge in [0, 0.05) is 18.3 Å². The van der Waals surface area contributed by atoms with Crippen LogP contribution in [0.3, 0.4) is 0 Å². The van der Waals surface area contributed by atoms with Crippen molar-refractivity contribution in [2.75, 3.05) is 0 Å². The van der Waals surface area contributed by atoms with E-state index in [1.165, 1.54) is 38.5 Å². The maximum absolute atomic E-state index is 4.39. The van der Waals surface area contributed by atoms with Gasteiger partial charge in [-0.3, -0.25) is 0 Å². The van der Waals surface area contributed by atoms with Gasteiger partial charge in [0.05, 0.1) is 4.47 Å². The lowest BCUT2D eigenvalue weighted by atomic mass is 10.00. The van der Waals surface area contributed by atoms with Gasteiger partial charge >= 0.3 is 0 Å². The maximum Gasteiger partial charge on any atom is 0.131 e. The molecule has 0 atom stereocenters. The molecule has 0 saturated heterocycles. The Bertz CT molecular complexity index is 276. The molecule has 76 valence electrons. The molecule has 1 fully saturated rings. The smallest absolute Gasteiger partial charge is 0.131 e. The molecule has 1 saturated carbocycles. The van der Waals surface area contributed by atoms with E-state index >= 15 is 0 Å². The summed E-state index contributed by atoms with van der Waals surface area (Å²) < 4.78 is 0.967. The van der Waals surface area contributed by atoms with Gasteiger partial charge in [0.1, 0.15) is 5.82 Å². The monoisotopic (exact) mass is 254 g/mol. The molecule has 1 heterocycles. The van der Waals surface area contributed by atoms with Gasteiger partial charge in [0.25, 0.3) is 0 Å². The van der Waals surface area contributed by atoms with Crippen LogP contribution in [-0.4, -0.2) is 9.97 Å². The van der Waals surface area contributed by atoms with Gasteiger partial charge in [-0.1, -0.05) is 25.7 Å². The van der Waals surface area contributed by atoms with Gasteiger partial charge in [-0.05, 0) is 28.8 Å². The average Bonchev–Trinajstić information content (AvgIpc) is 2.47. The highest BCUT2D eigenvalue weighted by Crippen LogP contribution is 2.29. The van der Waals surface area contributed by atoms with Crippen LogP contribution in [0.15, 0.2) is 16.9 Å². The molecule has 0 amide bonds. The zero-order valence-electron chi connectivity index (χ0n) is 8.25. The summed E-state index contributed by atoms with van der Waals surface area (Å²) in [5.74, 6) is 1.64. The molecule has 0 bridgehead atoms. The molecule has 1 aliphatic carbocycles. The van der Waals surface area contributed by atoms with E-state index in [0.717, 1.165) is 10.3 Å². The molecule has 0 spiro atoms. The Hall–Kier alpha value is -0.440. The fraction of sp³-hybridized carbons (Fsp3) is 0.636. The number of rotatable bonds is 1. The average molecular weight is 255 g/mol. The van der Waals surface area contributed by atoms with E-state index in [9.17, 15) is 0 Å². The van der Waals surface area contributed by atoms with Crippen molar-refractivity contribution in [2.24, 2.45) is 0 Å². The Balaban J connectivity index is 2.08. The van der Waals surface area contributed by atoms with E-state index in [2.05, 4.69) is 25.9 Å². The fourth-order valence-electron chi connectivity index (χ4n) is 2.07. The maximum atomic E-state index is 4.39. The van der Waals surface area contributed by atoms with Crippen molar-refractivity contribution in [1.82, 2.24) is 9.97 Å². The summed E-state index contributed by atoms with van der Waals surface area (Å²) in [6.45, 7) is 0. The molecule has 2 rings (SSSR count). The molecule has 0 aromatic carbocycles. The number of halogens is 1. The highest BCUT2D eigenvalue weighted by atomic mass is 79.9. The van der Waals surface area contributed by atoms with Crippen molar-refractivity contribution in [3.8, 4) is 0 Å². The Labute approximate surface area is 93.3 Å². The molecule has 1 aliphatic rings. The summed E-state index contributed by atoms with van der Waals surface area (Å²) in [7, 11) is 0.